The smallest absolute Gasteiger partial charge is 0.0586 e. The van der Waals surface area contributed by atoms with Gasteiger partial charge in [-0.3, -0.25) is 4.90 Å². The molecule has 1 saturated heterocycles. The molecular weight excluding hydrogens is 150 g/mol. The van der Waals surface area contributed by atoms with E-state index in [9.17, 15) is 0 Å². The van der Waals surface area contributed by atoms with Crippen molar-refractivity contribution in [2.45, 2.75) is 51.6 Å². The van der Waals surface area contributed by atoms with Gasteiger partial charge in [-0.25, -0.2) is 0 Å². The first-order valence-corrected chi connectivity index (χ1v) is 5.16. The van der Waals surface area contributed by atoms with Crippen molar-refractivity contribution in [2.24, 2.45) is 0 Å². The molecule has 72 valence electrons. The average Bonchev–Trinajstić information content (AvgIpc) is 2.51. The van der Waals surface area contributed by atoms with Gasteiger partial charge >= 0.3 is 0 Å². The Balaban J connectivity index is 2.38. The van der Waals surface area contributed by atoms with Crippen LogP contribution < -0.4 is 0 Å². The maximum absolute atomic E-state index is 9.11. The molecule has 1 aliphatic rings. The van der Waals surface area contributed by atoms with Crippen LogP contribution in [0.1, 0.15) is 39.5 Å². The monoisotopic (exact) mass is 171 g/mol. The Morgan fingerprint density at radius 2 is 2.33 bits per heavy atom. The van der Waals surface area contributed by atoms with Crippen LogP contribution >= 0.6 is 0 Å². The Bertz CT molecular complexity index is 127. The van der Waals surface area contributed by atoms with Crippen molar-refractivity contribution in [3.8, 4) is 0 Å². The van der Waals surface area contributed by atoms with E-state index >= 15 is 0 Å². The summed E-state index contributed by atoms with van der Waals surface area (Å²) in [7, 11) is 0. The quantitative estimate of drug-likeness (QED) is 0.695. The van der Waals surface area contributed by atoms with E-state index in [1.165, 1.54) is 32.2 Å². The summed E-state index contributed by atoms with van der Waals surface area (Å²) in [6.45, 7) is 6.03. The first-order chi connectivity index (χ1) is 5.79. The van der Waals surface area contributed by atoms with E-state index in [0.29, 0.717) is 18.7 Å². The molecule has 0 aromatic rings. The Labute approximate surface area is 75.6 Å². The van der Waals surface area contributed by atoms with E-state index in [1.54, 1.807) is 0 Å². The third kappa shape index (κ3) is 2.20. The Hall–Kier alpha value is -0.0800. The highest BCUT2D eigenvalue weighted by atomic mass is 16.3. The minimum atomic E-state index is 0.341. The van der Waals surface area contributed by atoms with Gasteiger partial charge in [-0.2, -0.15) is 0 Å². The molecule has 2 heteroatoms. The van der Waals surface area contributed by atoms with Gasteiger partial charge in [0.15, 0.2) is 0 Å². The van der Waals surface area contributed by atoms with Crippen molar-refractivity contribution in [3.63, 3.8) is 0 Å². The standard InChI is InChI=1S/C10H21NO/c1-3-5-9(2)11-7-4-6-10(11)8-12/h9-10,12H,3-8H2,1-2H3/t9?,10-/m1/s1. The number of hydrogen-bond donors (Lipinski definition) is 1. The van der Waals surface area contributed by atoms with Crippen LogP contribution in [0.3, 0.4) is 0 Å². The van der Waals surface area contributed by atoms with E-state index in [4.69, 9.17) is 5.11 Å². The van der Waals surface area contributed by atoms with Crippen molar-refractivity contribution in [1.29, 1.82) is 0 Å². The highest BCUT2D eigenvalue weighted by molar-refractivity contribution is 4.82. The van der Waals surface area contributed by atoms with Crippen molar-refractivity contribution >= 4 is 0 Å². The van der Waals surface area contributed by atoms with Gasteiger partial charge in [0.1, 0.15) is 0 Å². The lowest BCUT2D eigenvalue weighted by Crippen LogP contribution is -2.39. The Kier molecular flexibility index (Phi) is 4.02. The summed E-state index contributed by atoms with van der Waals surface area (Å²) in [5.74, 6) is 0. The molecule has 12 heavy (non-hydrogen) atoms. The molecule has 1 N–H and O–H groups in total. The van der Waals surface area contributed by atoms with Gasteiger partial charge in [0, 0.05) is 12.1 Å². The zero-order valence-electron chi connectivity index (χ0n) is 8.29. The fraction of sp³-hybridized carbons (Fsp3) is 1.00. The van der Waals surface area contributed by atoms with E-state index in [1.807, 2.05) is 0 Å². The molecule has 0 aromatic carbocycles. The number of aliphatic hydroxyl groups is 1. The van der Waals surface area contributed by atoms with Gasteiger partial charge in [-0.1, -0.05) is 13.3 Å². The number of aliphatic hydroxyl groups excluding tert-OH is 1. The van der Waals surface area contributed by atoms with E-state index in [2.05, 4.69) is 18.7 Å². The summed E-state index contributed by atoms with van der Waals surface area (Å²) >= 11 is 0. The summed E-state index contributed by atoms with van der Waals surface area (Å²) in [4.78, 5) is 2.46. The molecule has 1 unspecified atom stereocenters. The molecule has 2 nitrogen and oxygen atoms in total. The Morgan fingerprint density at radius 1 is 1.58 bits per heavy atom. The summed E-state index contributed by atoms with van der Waals surface area (Å²) < 4.78 is 0. The molecule has 1 heterocycles. The lowest BCUT2D eigenvalue weighted by molar-refractivity contribution is 0.121. The lowest BCUT2D eigenvalue weighted by atomic mass is 10.1. The molecule has 0 radical (unpaired) electrons. The summed E-state index contributed by atoms with van der Waals surface area (Å²) in [5, 5.41) is 9.11. The molecule has 2 atom stereocenters. The summed E-state index contributed by atoms with van der Waals surface area (Å²) in [5.41, 5.74) is 0. The van der Waals surface area contributed by atoms with Crippen molar-refractivity contribution in [1.82, 2.24) is 4.90 Å². The molecule has 0 spiro atoms. The number of nitrogens with zero attached hydrogens (tertiary/aromatic N) is 1. The van der Waals surface area contributed by atoms with E-state index in [-0.39, 0.29) is 0 Å². The second kappa shape index (κ2) is 4.83. The highest BCUT2D eigenvalue weighted by Gasteiger charge is 2.26. The highest BCUT2D eigenvalue weighted by Crippen LogP contribution is 2.21. The molecule has 0 bridgehead atoms. The fourth-order valence-electron chi connectivity index (χ4n) is 2.22. The molecule has 0 aromatic heterocycles. The van der Waals surface area contributed by atoms with Crippen LogP contribution in [0, 0.1) is 0 Å². The van der Waals surface area contributed by atoms with Crippen LogP contribution in [-0.2, 0) is 0 Å². The third-order valence-corrected chi connectivity index (χ3v) is 2.91. The fourth-order valence-corrected chi connectivity index (χ4v) is 2.22. The molecule has 1 fully saturated rings. The van der Waals surface area contributed by atoms with Crippen LogP contribution in [0.4, 0.5) is 0 Å². The maximum atomic E-state index is 9.11. The third-order valence-electron chi connectivity index (χ3n) is 2.91. The largest absolute Gasteiger partial charge is 0.395 e. The summed E-state index contributed by atoms with van der Waals surface area (Å²) in [6.07, 6.45) is 4.95. The van der Waals surface area contributed by atoms with Crippen molar-refractivity contribution in [2.75, 3.05) is 13.2 Å². The van der Waals surface area contributed by atoms with Gasteiger partial charge in [0.25, 0.3) is 0 Å². The molecule has 0 amide bonds. The van der Waals surface area contributed by atoms with Gasteiger partial charge in [-0.05, 0) is 32.7 Å². The van der Waals surface area contributed by atoms with Crippen molar-refractivity contribution < 1.29 is 5.11 Å². The molecule has 1 rings (SSSR count). The number of hydrogen-bond acceptors (Lipinski definition) is 2. The predicted molar refractivity (Wildman–Crippen MR) is 51.2 cm³/mol. The molecular formula is C10H21NO. The minimum absolute atomic E-state index is 0.341. The lowest BCUT2D eigenvalue weighted by Gasteiger charge is -2.29. The number of likely N-dealkylation sites (tertiary alicyclic amines) is 1. The molecule has 0 saturated carbocycles. The normalized spacial score (nSPS) is 27.8. The zero-order valence-corrected chi connectivity index (χ0v) is 8.29. The average molecular weight is 171 g/mol. The van der Waals surface area contributed by atoms with E-state index in [0.717, 1.165) is 0 Å². The summed E-state index contributed by atoms with van der Waals surface area (Å²) in [6, 6.07) is 1.11. The Morgan fingerprint density at radius 3 is 2.92 bits per heavy atom. The van der Waals surface area contributed by atoms with Crippen molar-refractivity contribution in [3.05, 3.63) is 0 Å². The first-order valence-electron chi connectivity index (χ1n) is 5.16. The van der Waals surface area contributed by atoms with Crippen LogP contribution in [0.15, 0.2) is 0 Å². The topological polar surface area (TPSA) is 23.5 Å². The van der Waals surface area contributed by atoms with Gasteiger partial charge < -0.3 is 5.11 Å². The predicted octanol–water partition coefficient (Wildman–Crippen LogP) is 1.63. The van der Waals surface area contributed by atoms with Crippen LogP contribution in [-0.4, -0.2) is 35.2 Å². The second-order valence-electron chi connectivity index (χ2n) is 3.85. The van der Waals surface area contributed by atoms with Crippen LogP contribution in [0.25, 0.3) is 0 Å². The minimum Gasteiger partial charge on any atom is -0.395 e. The van der Waals surface area contributed by atoms with Gasteiger partial charge in [-0.15, -0.1) is 0 Å². The van der Waals surface area contributed by atoms with Crippen LogP contribution in [0.2, 0.25) is 0 Å². The number of rotatable bonds is 4. The second-order valence-corrected chi connectivity index (χ2v) is 3.85. The maximum Gasteiger partial charge on any atom is 0.0586 e. The van der Waals surface area contributed by atoms with E-state index < -0.39 is 0 Å². The molecule has 1 aliphatic heterocycles. The van der Waals surface area contributed by atoms with Crippen LogP contribution in [0.5, 0.6) is 0 Å². The SMILES string of the molecule is CCCC(C)N1CCC[C@@H]1CO. The zero-order chi connectivity index (χ0) is 8.97. The molecule has 0 aliphatic carbocycles. The first kappa shape index (κ1) is 10.0. The van der Waals surface area contributed by atoms with Gasteiger partial charge in [0.05, 0.1) is 6.61 Å². The van der Waals surface area contributed by atoms with Gasteiger partial charge in [0.2, 0.25) is 0 Å².